The molecule has 3 aromatic carbocycles. The minimum Gasteiger partial charge on any atom is -0.324 e. The van der Waals surface area contributed by atoms with Gasteiger partial charge in [-0.3, -0.25) is 14.3 Å². The van der Waals surface area contributed by atoms with Crippen molar-refractivity contribution in [2.75, 3.05) is 16.0 Å². The fraction of sp³-hybridized carbons (Fsp3) is 0.0435. The number of anilines is 3. The second-order valence-electron chi connectivity index (χ2n) is 6.75. The van der Waals surface area contributed by atoms with Gasteiger partial charge in [-0.2, -0.15) is 5.10 Å². The normalized spacial score (nSPS) is 10.5. The number of rotatable bonds is 5. The van der Waals surface area contributed by atoms with Gasteiger partial charge in [-0.1, -0.05) is 30.3 Å². The third-order valence-corrected chi connectivity index (χ3v) is 4.51. The number of fused-ring (bicyclic) bond motifs is 1. The molecule has 3 amide bonds. The summed E-state index contributed by atoms with van der Waals surface area (Å²) in [7, 11) is 0. The minimum atomic E-state index is -0.362. The molecule has 4 aromatic rings. The standard InChI is InChI=1S/C23H19N5O3/c29-21-14-24-28(20-9-5-4-8-19(20)21)15-22(30)25-17-10-12-18(13-11-17)27-23(31)26-16-6-2-1-3-7-16/h1-14H,15H2,(H,25,30)(H2,26,27,31). The van der Waals surface area contributed by atoms with Crippen LogP contribution in [0.3, 0.4) is 0 Å². The Labute approximate surface area is 177 Å². The predicted octanol–water partition coefficient (Wildman–Crippen LogP) is 3.68. The Morgan fingerprint density at radius 3 is 2.03 bits per heavy atom. The molecular weight excluding hydrogens is 394 g/mol. The van der Waals surface area contributed by atoms with Gasteiger partial charge in [-0.25, -0.2) is 4.79 Å². The van der Waals surface area contributed by atoms with Crippen LogP contribution in [0.1, 0.15) is 0 Å². The van der Waals surface area contributed by atoms with E-state index in [1.54, 1.807) is 60.7 Å². The molecule has 4 rings (SSSR count). The molecule has 0 aliphatic carbocycles. The highest BCUT2D eigenvalue weighted by atomic mass is 16.2. The van der Waals surface area contributed by atoms with Gasteiger partial charge in [-0.15, -0.1) is 0 Å². The largest absolute Gasteiger partial charge is 0.324 e. The number of hydrogen-bond donors (Lipinski definition) is 3. The monoisotopic (exact) mass is 413 g/mol. The van der Waals surface area contributed by atoms with E-state index >= 15 is 0 Å². The van der Waals surface area contributed by atoms with Crippen molar-refractivity contribution in [2.24, 2.45) is 0 Å². The van der Waals surface area contributed by atoms with Gasteiger partial charge in [0, 0.05) is 22.4 Å². The zero-order chi connectivity index (χ0) is 21.6. The van der Waals surface area contributed by atoms with Gasteiger partial charge < -0.3 is 16.0 Å². The maximum absolute atomic E-state index is 12.4. The second kappa shape index (κ2) is 8.91. The lowest BCUT2D eigenvalue weighted by Gasteiger charge is -2.11. The first-order valence-corrected chi connectivity index (χ1v) is 9.56. The fourth-order valence-corrected chi connectivity index (χ4v) is 3.08. The van der Waals surface area contributed by atoms with Crippen LogP contribution in [0.15, 0.2) is 89.9 Å². The summed E-state index contributed by atoms with van der Waals surface area (Å²) in [5, 5.41) is 12.8. The summed E-state index contributed by atoms with van der Waals surface area (Å²) in [4.78, 5) is 36.4. The summed E-state index contributed by atoms with van der Waals surface area (Å²) in [6.07, 6.45) is 1.20. The third-order valence-electron chi connectivity index (χ3n) is 4.51. The first kappa shape index (κ1) is 19.8. The molecule has 0 bridgehead atoms. The molecule has 0 fully saturated rings. The number of nitrogens with zero attached hydrogens (tertiary/aromatic N) is 2. The molecule has 0 aliphatic rings. The average molecular weight is 413 g/mol. The number of urea groups is 1. The van der Waals surface area contributed by atoms with E-state index in [1.165, 1.54) is 10.9 Å². The lowest BCUT2D eigenvalue weighted by atomic mass is 10.2. The quantitative estimate of drug-likeness (QED) is 0.464. The summed E-state index contributed by atoms with van der Waals surface area (Å²) in [6.45, 7) is -0.0414. The molecule has 3 N–H and O–H groups in total. The summed E-state index contributed by atoms with van der Waals surface area (Å²) in [6, 6.07) is 22.5. The Kier molecular flexibility index (Phi) is 5.70. The van der Waals surface area contributed by atoms with Crippen molar-refractivity contribution in [3.63, 3.8) is 0 Å². The van der Waals surface area contributed by atoms with Gasteiger partial charge in [0.2, 0.25) is 11.3 Å². The van der Waals surface area contributed by atoms with Gasteiger partial charge >= 0.3 is 6.03 Å². The van der Waals surface area contributed by atoms with Crippen LogP contribution in [0.5, 0.6) is 0 Å². The van der Waals surface area contributed by atoms with Crippen molar-refractivity contribution in [1.29, 1.82) is 0 Å². The number of benzene rings is 3. The molecule has 0 aliphatic heterocycles. The zero-order valence-corrected chi connectivity index (χ0v) is 16.4. The highest BCUT2D eigenvalue weighted by Gasteiger charge is 2.09. The second-order valence-corrected chi connectivity index (χ2v) is 6.75. The van der Waals surface area contributed by atoms with E-state index in [2.05, 4.69) is 21.0 Å². The number of amides is 3. The van der Waals surface area contributed by atoms with Crippen LogP contribution in [-0.4, -0.2) is 21.7 Å². The van der Waals surface area contributed by atoms with Crippen LogP contribution in [0.4, 0.5) is 21.9 Å². The molecule has 0 atom stereocenters. The van der Waals surface area contributed by atoms with E-state index < -0.39 is 0 Å². The van der Waals surface area contributed by atoms with Gasteiger partial charge in [0.1, 0.15) is 6.54 Å². The molecular formula is C23H19N5O3. The van der Waals surface area contributed by atoms with Crippen molar-refractivity contribution in [2.45, 2.75) is 6.54 Å². The van der Waals surface area contributed by atoms with Gasteiger partial charge in [0.25, 0.3) is 0 Å². The fourth-order valence-electron chi connectivity index (χ4n) is 3.08. The lowest BCUT2D eigenvalue weighted by molar-refractivity contribution is -0.116. The summed E-state index contributed by atoms with van der Waals surface area (Å²) in [5.74, 6) is -0.288. The molecule has 0 saturated heterocycles. The molecule has 31 heavy (non-hydrogen) atoms. The number of nitrogens with one attached hydrogen (secondary N) is 3. The van der Waals surface area contributed by atoms with Crippen LogP contribution in [0.25, 0.3) is 10.9 Å². The summed E-state index contributed by atoms with van der Waals surface area (Å²) >= 11 is 0. The molecule has 1 aromatic heterocycles. The number of hydrogen-bond acceptors (Lipinski definition) is 4. The van der Waals surface area contributed by atoms with Crippen molar-refractivity contribution in [3.8, 4) is 0 Å². The van der Waals surface area contributed by atoms with E-state index in [-0.39, 0.29) is 23.9 Å². The van der Waals surface area contributed by atoms with E-state index in [0.717, 1.165) is 0 Å². The van der Waals surface area contributed by atoms with Crippen molar-refractivity contribution in [1.82, 2.24) is 9.78 Å². The van der Waals surface area contributed by atoms with Crippen LogP contribution in [-0.2, 0) is 11.3 Å². The Balaban J connectivity index is 1.37. The number of carbonyl (C=O) groups is 2. The van der Waals surface area contributed by atoms with Crippen molar-refractivity contribution >= 4 is 39.9 Å². The third kappa shape index (κ3) is 4.94. The topological polar surface area (TPSA) is 105 Å². The highest BCUT2D eigenvalue weighted by molar-refractivity contribution is 6.00. The van der Waals surface area contributed by atoms with E-state index in [4.69, 9.17) is 0 Å². The van der Waals surface area contributed by atoms with Crippen LogP contribution in [0, 0.1) is 0 Å². The lowest BCUT2D eigenvalue weighted by Crippen LogP contribution is -2.22. The SMILES string of the molecule is O=C(Cn1ncc(=O)c2ccccc21)Nc1ccc(NC(=O)Nc2ccccc2)cc1. The number of carbonyl (C=O) groups excluding carboxylic acids is 2. The van der Waals surface area contributed by atoms with Gasteiger partial charge in [0.15, 0.2) is 0 Å². The molecule has 1 heterocycles. The molecule has 0 unspecified atom stereocenters. The smallest absolute Gasteiger partial charge is 0.323 e. The maximum Gasteiger partial charge on any atom is 0.323 e. The van der Waals surface area contributed by atoms with Crippen LogP contribution >= 0.6 is 0 Å². The maximum atomic E-state index is 12.4. The first-order chi connectivity index (χ1) is 15.1. The van der Waals surface area contributed by atoms with Crippen LogP contribution < -0.4 is 21.4 Å². The van der Waals surface area contributed by atoms with E-state index in [1.807, 2.05) is 18.2 Å². The van der Waals surface area contributed by atoms with Gasteiger partial charge in [0.05, 0.1) is 11.7 Å². The Bertz CT molecular complexity index is 1280. The average Bonchev–Trinajstić information content (AvgIpc) is 2.78. The Morgan fingerprint density at radius 2 is 1.32 bits per heavy atom. The molecule has 0 spiro atoms. The van der Waals surface area contributed by atoms with Crippen molar-refractivity contribution in [3.05, 3.63) is 95.3 Å². The Hall–Kier alpha value is -4.46. The van der Waals surface area contributed by atoms with Crippen molar-refractivity contribution < 1.29 is 9.59 Å². The van der Waals surface area contributed by atoms with E-state index in [9.17, 15) is 14.4 Å². The minimum absolute atomic E-state index is 0.0414. The van der Waals surface area contributed by atoms with Gasteiger partial charge in [-0.05, 0) is 48.5 Å². The summed E-state index contributed by atoms with van der Waals surface area (Å²) in [5.41, 5.74) is 2.25. The molecule has 0 saturated carbocycles. The summed E-state index contributed by atoms with van der Waals surface area (Å²) < 4.78 is 1.48. The zero-order valence-electron chi connectivity index (χ0n) is 16.4. The predicted molar refractivity (Wildman–Crippen MR) is 120 cm³/mol. The molecule has 154 valence electrons. The molecule has 8 nitrogen and oxygen atoms in total. The molecule has 8 heteroatoms. The highest BCUT2D eigenvalue weighted by Crippen LogP contribution is 2.15. The Morgan fingerprint density at radius 1 is 0.742 bits per heavy atom. The number of aromatic nitrogens is 2. The number of para-hydroxylation sites is 2. The molecule has 0 radical (unpaired) electrons. The van der Waals surface area contributed by atoms with E-state index in [0.29, 0.717) is 28.0 Å². The first-order valence-electron chi connectivity index (χ1n) is 9.56. The van der Waals surface area contributed by atoms with Crippen LogP contribution in [0.2, 0.25) is 0 Å².